The molecule has 1 fully saturated rings. The Morgan fingerprint density at radius 2 is 0.728 bits per heavy atom. The van der Waals surface area contributed by atoms with Crippen LogP contribution in [0.1, 0.15) is 348 Å². The molecule has 9 atom stereocenters. The maximum absolute atomic E-state index is 13.2. The number of hydrogen-bond acceptors (Lipinski definition) is 10. The number of hydrogen-bond donors (Lipinski definition) is 8. The van der Waals surface area contributed by atoms with E-state index in [0.29, 0.717) is 12.8 Å². The summed E-state index contributed by atoms with van der Waals surface area (Å²) in [6, 6.07) is -1.18. The van der Waals surface area contributed by atoms with Gasteiger partial charge < -0.3 is 50.5 Å². The van der Waals surface area contributed by atoms with Gasteiger partial charge in [0.1, 0.15) is 36.6 Å². The van der Waals surface area contributed by atoms with Crippen LogP contribution in [-0.2, 0) is 14.3 Å². The fraction of sp³-hybridized carbons (Fsp3) is 0.929. The minimum atomic E-state index is -1.67. The molecule has 0 aromatic carbocycles. The van der Waals surface area contributed by atoms with Crippen LogP contribution in [0.5, 0.6) is 0 Å². The van der Waals surface area contributed by atoms with Crippen LogP contribution in [0.4, 0.5) is 0 Å². The summed E-state index contributed by atoms with van der Waals surface area (Å²) >= 11 is 0. The first kappa shape index (κ1) is 77.6. The predicted octanol–water partition coefficient (Wildman–Crippen LogP) is 16.8. The van der Waals surface area contributed by atoms with Gasteiger partial charge in [0.25, 0.3) is 0 Å². The third kappa shape index (κ3) is 46.5. The quantitative estimate of drug-likeness (QED) is 0.0215. The van der Waals surface area contributed by atoms with Crippen molar-refractivity contribution < 1.29 is 50.0 Å². The maximum atomic E-state index is 13.2. The second-order valence-electron chi connectivity index (χ2n) is 25.0. The van der Waals surface area contributed by atoms with E-state index in [2.05, 4.69) is 43.5 Å². The molecule has 1 aliphatic rings. The van der Waals surface area contributed by atoms with Crippen LogP contribution in [0.3, 0.4) is 0 Å². The van der Waals surface area contributed by atoms with E-state index in [4.69, 9.17) is 9.47 Å². The second-order valence-corrected chi connectivity index (χ2v) is 25.0. The second kappa shape index (κ2) is 58.9. The lowest BCUT2D eigenvalue weighted by molar-refractivity contribution is -0.303. The number of aliphatic hydroxyl groups is 7. The fourth-order valence-electron chi connectivity index (χ4n) is 11.6. The van der Waals surface area contributed by atoms with Gasteiger partial charge in [-0.05, 0) is 64.2 Å². The molecule has 81 heavy (non-hydrogen) atoms. The van der Waals surface area contributed by atoms with Crippen LogP contribution in [0, 0.1) is 0 Å². The summed E-state index contributed by atoms with van der Waals surface area (Å²) in [6.45, 7) is 3.49. The van der Waals surface area contributed by atoms with Gasteiger partial charge in [0.2, 0.25) is 5.91 Å². The Morgan fingerprint density at radius 1 is 0.420 bits per heavy atom. The highest BCUT2D eigenvalue weighted by Crippen LogP contribution is 2.24. The summed E-state index contributed by atoms with van der Waals surface area (Å²) in [6.07, 6.45) is 62.8. The molecule has 8 N–H and O–H groups in total. The van der Waals surface area contributed by atoms with Gasteiger partial charge in [-0.3, -0.25) is 4.79 Å². The lowest BCUT2D eigenvalue weighted by atomic mass is 9.98. The molecule has 0 aromatic heterocycles. The normalized spacial score (nSPS) is 19.2. The Hall–Kier alpha value is -1.41. The van der Waals surface area contributed by atoms with Gasteiger partial charge in [-0.2, -0.15) is 0 Å². The highest BCUT2D eigenvalue weighted by molar-refractivity contribution is 5.80. The summed E-state index contributed by atoms with van der Waals surface area (Å²) < 4.78 is 11.2. The lowest BCUT2D eigenvalue weighted by Crippen LogP contribution is -2.60. The van der Waals surface area contributed by atoms with Crippen molar-refractivity contribution in [3.8, 4) is 0 Å². The van der Waals surface area contributed by atoms with Crippen molar-refractivity contribution in [1.82, 2.24) is 5.32 Å². The highest BCUT2D eigenvalue weighted by atomic mass is 16.7. The van der Waals surface area contributed by atoms with Crippen LogP contribution in [-0.4, -0.2) is 110 Å². The Bertz CT molecular complexity index is 1370. The van der Waals surface area contributed by atoms with E-state index >= 15 is 0 Å². The smallest absolute Gasteiger partial charge is 0.249 e. The van der Waals surface area contributed by atoms with E-state index in [0.717, 1.165) is 38.5 Å². The molecule has 11 nitrogen and oxygen atoms in total. The zero-order valence-electron chi connectivity index (χ0n) is 53.0. The molecular weight excluding hydrogens is 1010 g/mol. The van der Waals surface area contributed by atoms with Gasteiger partial charge in [0.05, 0.1) is 25.4 Å². The molecule has 0 saturated carbocycles. The number of ether oxygens (including phenoxy) is 2. The van der Waals surface area contributed by atoms with Crippen LogP contribution in [0.25, 0.3) is 0 Å². The zero-order valence-corrected chi connectivity index (χ0v) is 53.0. The molecule has 9 unspecified atom stereocenters. The molecule has 1 rings (SSSR count). The predicted molar refractivity (Wildman–Crippen MR) is 339 cm³/mol. The van der Waals surface area contributed by atoms with Gasteiger partial charge >= 0.3 is 0 Å². The summed E-state index contributed by atoms with van der Waals surface area (Å²) in [5, 5.41) is 76.4. The van der Waals surface area contributed by atoms with Crippen LogP contribution < -0.4 is 5.32 Å². The first-order chi connectivity index (χ1) is 39.7. The van der Waals surface area contributed by atoms with Gasteiger partial charge in [0, 0.05) is 0 Å². The largest absolute Gasteiger partial charge is 0.394 e. The van der Waals surface area contributed by atoms with Crippen molar-refractivity contribution in [3.05, 3.63) is 24.3 Å². The van der Waals surface area contributed by atoms with Crippen molar-refractivity contribution in [3.63, 3.8) is 0 Å². The molecule has 0 aliphatic carbocycles. The number of carbonyl (C=O) groups excluding carboxylic acids is 1. The number of aliphatic hydroxyl groups excluding tert-OH is 7. The molecular formula is C70H135NO10. The van der Waals surface area contributed by atoms with Crippen molar-refractivity contribution in [1.29, 1.82) is 0 Å². The fourth-order valence-corrected chi connectivity index (χ4v) is 11.6. The number of unbranched alkanes of at least 4 members (excludes halogenated alkanes) is 46. The van der Waals surface area contributed by atoms with E-state index < -0.39 is 74.2 Å². The SMILES string of the molecule is CCCCCCCCCCCCCCC/C=C/CCCC(O)C(O)C(COC1OC(CO)C(O)C(O)C1O)NC(=O)C(O)CCCCCCCCCCCCCCCCCC/C=C\CCCCCCCCCCCCCCCCCC. The van der Waals surface area contributed by atoms with Crippen LogP contribution in [0.2, 0.25) is 0 Å². The first-order valence-electron chi connectivity index (χ1n) is 35.2. The number of rotatable bonds is 62. The Labute approximate surface area is 499 Å². The summed E-state index contributed by atoms with van der Waals surface area (Å²) in [5.74, 6) is -0.700. The Kier molecular flexibility index (Phi) is 56.5. The van der Waals surface area contributed by atoms with Gasteiger partial charge in [-0.15, -0.1) is 0 Å². The Balaban J connectivity index is 2.15. The van der Waals surface area contributed by atoms with E-state index in [1.807, 2.05) is 0 Å². The summed E-state index contributed by atoms with van der Waals surface area (Å²) in [5.41, 5.74) is 0. The van der Waals surface area contributed by atoms with Crippen molar-refractivity contribution in [2.75, 3.05) is 13.2 Å². The van der Waals surface area contributed by atoms with Crippen LogP contribution >= 0.6 is 0 Å². The molecule has 0 aromatic rings. The van der Waals surface area contributed by atoms with Crippen LogP contribution in [0.15, 0.2) is 24.3 Å². The van der Waals surface area contributed by atoms with Gasteiger partial charge in [0.15, 0.2) is 6.29 Å². The van der Waals surface area contributed by atoms with Gasteiger partial charge in [-0.25, -0.2) is 0 Å². The standard InChI is InChI=1S/C70H135NO10/c1-3-5-7-9-11-13-15-17-19-21-23-24-25-26-27-28-29-30-31-32-33-34-35-36-37-38-39-40-42-44-46-48-50-52-54-56-58-63(74)69(79)71-61(60-80-70-68(78)67(77)66(76)64(59-72)81-70)65(75)62(73)57-55-53-51-49-47-45-43-41-22-20-18-16-14-12-10-8-6-4-2/h30-31,49,51,61-68,70,72-78H,3-29,32-48,50,52-60H2,1-2H3,(H,71,79)/b31-30-,51-49+. The van der Waals surface area contributed by atoms with Gasteiger partial charge in [-0.1, -0.05) is 308 Å². The highest BCUT2D eigenvalue weighted by Gasteiger charge is 2.44. The molecule has 480 valence electrons. The first-order valence-corrected chi connectivity index (χ1v) is 35.2. The minimum absolute atomic E-state index is 0.257. The van der Waals surface area contributed by atoms with Crippen molar-refractivity contribution in [2.45, 2.75) is 403 Å². The summed E-state index contributed by atoms with van der Waals surface area (Å²) in [4.78, 5) is 13.2. The van der Waals surface area contributed by atoms with E-state index in [9.17, 15) is 40.5 Å². The molecule has 0 radical (unpaired) electrons. The molecule has 1 amide bonds. The van der Waals surface area contributed by atoms with Crippen molar-refractivity contribution in [2.24, 2.45) is 0 Å². The minimum Gasteiger partial charge on any atom is -0.394 e. The number of nitrogens with one attached hydrogen (secondary N) is 1. The third-order valence-electron chi connectivity index (χ3n) is 17.2. The lowest BCUT2D eigenvalue weighted by Gasteiger charge is -2.40. The Morgan fingerprint density at radius 3 is 1.06 bits per heavy atom. The van der Waals surface area contributed by atoms with E-state index in [1.165, 1.54) is 270 Å². The van der Waals surface area contributed by atoms with E-state index in [-0.39, 0.29) is 12.8 Å². The molecule has 1 aliphatic heterocycles. The average molecular weight is 1150 g/mol. The average Bonchev–Trinajstić information content (AvgIpc) is 3.49. The summed E-state index contributed by atoms with van der Waals surface area (Å²) in [7, 11) is 0. The molecule has 0 bridgehead atoms. The molecule has 11 heteroatoms. The topological polar surface area (TPSA) is 189 Å². The third-order valence-corrected chi connectivity index (χ3v) is 17.2. The maximum Gasteiger partial charge on any atom is 0.249 e. The molecule has 1 heterocycles. The van der Waals surface area contributed by atoms with E-state index in [1.54, 1.807) is 0 Å². The molecule has 0 spiro atoms. The number of allylic oxidation sites excluding steroid dienone is 4. The number of carbonyl (C=O) groups is 1. The number of amides is 1. The monoisotopic (exact) mass is 1150 g/mol. The zero-order chi connectivity index (χ0) is 58.9. The molecule has 1 saturated heterocycles. The van der Waals surface area contributed by atoms with Crippen molar-refractivity contribution >= 4 is 5.91 Å².